The summed E-state index contributed by atoms with van der Waals surface area (Å²) in [5.41, 5.74) is 0.449. The van der Waals surface area contributed by atoms with Crippen molar-refractivity contribution in [2.24, 2.45) is 10.6 Å². The van der Waals surface area contributed by atoms with Gasteiger partial charge in [0.15, 0.2) is 0 Å². The Balaban J connectivity index is 1.42. The summed E-state index contributed by atoms with van der Waals surface area (Å²) in [5, 5.41) is 7.07. The van der Waals surface area contributed by atoms with Gasteiger partial charge < -0.3 is 19.3 Å². The summed E-state index contributed by atoms with van der Waals surface area (Å²) in [6.07, 6.45) is 3.55. The summed E-state index contributed by atoms with van der Waals surface area (Å²) in [7, 11) is 0. The van der Waals surface area contributed by atoms with Crippen molar-refractivity contribution >= 4 is 11.6 Å². The van der Waals surface area contributed by atoms with E-state index in [0.29, 0.717) is 62.5 Å². The number of nitrogens with one attached hydrogen (secondary N) is 1. The van der Waals surface area contributed by atoms with Crippen molar-refractivity contribution < 1.29 is 23.2 Å². The lowest BCUT2D eigenvalue weighted by atomic mass is 9.74. The van der Waals surface area contributed by atoms with Crippen LogP contribution in [0.15, 0.2) is 52.2 Å². The van der Waals surface area contributed by atoms with Crippen LogP contribution in [0, 0.1) is 11.2 Å². The number of carbonyl (C=O) groups is 1. The zero-order valence-electron chi connectivity index (χ0n) is 15.5. The van der Waals surface area contributed by atoms with Gasteiger partial charge in [-0.25, -0.2) is 4.39 Å². The molecule has 7 heteroatoms. The molecule has 2 aliphatic heterocycles. The van der Waals surface area contributed by atoms with E-state index in [9.17, 15) is 9.18 Å². The van der Waals surface area contributed by atoms with E-state index in [4.69, 9.17) is 14.0 Å². The van der Waals surface area contributed by atoms with Gasteiger partial charge in [0.05, 0.1) is 23.9 Å². The SMILES string of the molecule is O=C(NCc1ccco1)C1(CC2CC(c3ccccc3F)=NO2)CCOCC1. The maximum absolute atomic E-state index is 14.0. The van der Waals surface area contributed by atoms with Gasteiger partial charge in [-0.05, 0) is 31.0 Å². The molecule has 148 valence electrons. The molecule has 28 heavy (non-hydrogen) atoms. The molecule has 4 rings (SSSR count). The molecule has 0 aliphatic carbocycles. The monoisotopic (exact) mass is 386 g/mol. The molecule has 3 heterocycles. The topological polar surface area (TPSA) is 73.1 Å². The van der Waals surface area contributed by atoms with Crippen LogP contribution >= 0.6 is 0 Å². The molecule has 0 radical (unpaired) electrons. The molecule has 1 N–H and O–H groups in total. The molecule has 1 amide bonds. The normalized spacial score (nSPS) is 21.0. The summed E-state index contributed by atoms with van der Waals surface area (Å²) in [6.45, 7) is 1.40. The Morgan fingerprint density at radius 3 is 2.79 bits per heavy atom. The van der Waals surface area contributed by atoms with Gasteiger partial charge in [-0.15, -0.1) is 0 Å². The van der Waals surface area contributed by atoms with Gasteiger partial charge >= 0.3 is 0 Å². The number of benzene rings is 1. The number of furan rings is 1. The van der Waals surface area contributed by atoms with Crippen molar-refractivity contribution in [2.45, 2.75) is 38.3 Å². The molecule has 1 atom stereocenters. The molecule has 2 aromatic rings. The van der Waals surface area contributed by atoms with Crippen LogP contribution in [-0.2, 0) is 20.9 Å². The number of halogens is 1. The van der Waals surface area contributed by atoms with Crippen molar-refractivity contribution in [3.05, 3.63) is 59.8 Å². The first kappa shape index (κ1) is 18.7. The highest BCUT2D eigenvalue weighted by Crippen LogP contribution is 2.38. The summed E-state index contributed by atoms with van der Waals surface area (Å²) in [4.78, 5) is 18.6. The van der Waals surface area contributed by atoms with Gasteiger partial charge in [-0.3, -0.25) is 4.79 Å². The van der Waals surface area contributed by atoms with E-state index < -0.39 is 5.41 Å². The van der Waals surface area contributed by atoms with E-state index in [1.807, 2.05) is 6.07 Å². The molecular weight excluding hydrogens is 363 g/mol. The minimum absolute atomic E-state index is 0.0323. The fourth-order valence-corrected chi connectivity index (χ4v) is 3.88. The summed E-state index contributed by atoms with van der Waals surface area (Å²) in [5.74, 6) is 0.357. The molecule has 0 bridgehead atoms. The Hall–Kier alpha value is -2.67. The van der Waals surface area contributed by atoms with Crippen LogP contribution in [0.5, 0.6) is 0 Å². The average Bonchev–Trinajstić information content (AvgIpc) is 3.39. The number of hydrogen-bond donors (Lipinski definition) is 1. The number of nitrogens with zero attached hydrogens (tertiary/aromatic N) is 1. The zero-order valence-corrected chi connectivity index (χ0v) is 15.5. The number of oxime groups is 1. The highest BCUT2D eigenvalue weighted by molar-refractivity contribution is 6.01. The third kappa shape index (κ3) is 3.94. The quantitative estimate of drug-likeness (QED) is 0.826. The van der Waals surface area contributed by atoms with Crippen LogP contribution < -0.4 is 5.32 Å². The predicted molar refractivity (Wildman–Crippen MR) is 100 cm³/mol. The predicted octanol–water partition coefficient (Wildman–Crippen LogP) is 3.42. The van der Waals surface area contributed by atoms with Crippen LogP contribution in [-0.4, -0.2) is 30.9 Å². The van der Waals surface area contributed by atoms with E-state index in [0.717, 1.165) is 0 Å². The van der Waals surface area contributed by atoms with Gasteiger partial charge in [0.2, 0.25) is 5.91 Å². The lowest BCUT2D eigenvalue weighted by Crippen LogP contribution is -2.46. The van der Waals surface area contributed by atoms with Crippen LogP contribution in [0.2, 0.25) is 0 Å². The standard InChI is InChI=1S/C21H23FN2O4/c22-18-6-2-1-5-17(18)19-12-16(28-24-19)13-21(7-10-26-11-8-21)20(25)23-14-15-4-3-9-27-15/h1-6,9,16H,7-8,10-14H2,(H,23,25). The second kappa shape index (κ2) is 8.14. The fourth-order valence-electron chi connectivity index (χ4n) is 3.88. The fraction of sp³-hybridized carbons (Fsp3) is 0.429. The Morgan fingerprint density at radius 1 is 1.21 bits per heavy atom. The molecule has 1 aromatic heterocycles. The van der Waals surface area contributed by atoms with E-state index >= 15 is 0 Å². The average molecular weight is 386 g/mol. The van der Waals surface area contributed by atoms with E-state index in [1.54, 1.807) is 30.5 Å². The van der Waals surface area contributed by atoms with Crippen molar-refractivity contribution in [1.82, 2.24) is 5.32 Å². The first-order valence-electron chi connectivity index (χ1n) is 9.52. The lowest BCUT2D eigenvalue weighted by molar-refractivity contribution is -0.140. The minimum atomic E-state index is -0.588. The molecular formula is C21H23FN2O4. The molecule has 1 saturated heterocycles. The molecule has 1 aromatic carbocycles. The first-order chi connectivity index (χ1) is 13.7. The van der Waals surface area contributed by atoms with Gasteiger partial charge in [-0.1, -0.05) is 23.4 Å². The van der Waals surface area contributed by atoms with Crippen molar-refractivity contribution in [3.8, 4) is 0 Å². The molecule has 0 spiro atoms. The third-order valence-electron chi connectivity index (χ3n) is 5.47. The van der Waals surface area contributed by atoms with E-state index in [-0.39, 0.29) is 17.8 Å². The lowest BCUT2D eigenvalue weighted by Gasteiger charge is -2.36. The Morgan fingerprint density at radius 2 is 2.04 bits per heavy atom. The number of hydrogen-bond acceptors (Lipinski definition) is 5. The molecule has 1 fully saturated rings. The number of amides is 1. The molecule has 0 saturated carbocycles. The van der Waals surface area contributed by atoms with Gasteiger partial charge in [-0.2, -0.15) is 0 Å². The third-order valence-corrected chi connectivity index (χ3v) is 5.47. The Bertz CT molecular complexity index is 844. The highest BCUT2D eigenvalue weighted by atomic mass is 19.1. The van der Waals surface area contributed by atoms with Crippen LogP contribution in [0.25, 0.3) is 0 Å². The van der Waals surface area contributed by atoms with Crippen LogP contribution in [0.1, 0.15) is 37.0 Å². The van der Waals surface area contributed by atoms with Gasteiger partial charge in [0, 0.05) is 31.6 Å². The summed E-state index contributed by atoms with van der Waals surface area (Å²) in [6, 6.07) is 10.1. The zero-order chi connectivity index (χ0) is 19.4. The van der Waals surface area contributed by atoms with Crippen molar-refractivity contribution in [1.29, 1.82) is 0 Å². The molecule has 6 nitrogen and oxygen atoms in total. The maximum atomic E-state index is 14.0. The minimum Gasteiger partial charge on any atom is -0.467 e. The van der Waals surface area contributed by atoms with Crippen LogP contribution in [0.4, 0.5) is 4.39 Å². The van der Waals surface area contributed by atoms with Gasteiger partial charge in [0.25, 0.3) is 0 Å². The maximum Gasteiger partial charge on any atom is 0.226 e. The van der Waals surface area contributed by atoms with E-state index in [1.165, 1.54) is 6.07 Å². The van der Waals surface area contributed by atoms with Gasteiger partial charge in [0.1, 0.15) is 17.7 Å². The number of ether oxygens (including phenoxy) is 1. The number of carbonyl (C=O) groups excluding carboxylic acids is 1. The van der Waals surface area contributed by atoms with Crippen LogP contribution in [0.3, 0.4) is 0 Å². The smallest absolute Gasteiger partial charge is 0.226 e. The van der Waals surface area contributed by atoms with E-state index in [2.05, 4.69) is 10.5 Å². The number of rotatable bonds is 6. The Kier molecular flexibility index (Phi) is 5.43. The largest absolute Gasteiger partial charge is 0.467 e. The second-order valence-corrected chi connectivity index (χ2v) is 7.31. The highest BCUT2D eigenvalue weighted by Gasteiger charge is 2.43. The van der Waals surface area contributed by atoms with Crippen molar-refractivity contribution in [3.63, 3.8) is 0 Å². The summed E-state index contributed by atoms with van der Waals surface area (Å²) >= 11 is 0. The molecule has 2 aliphatic rings. The first-order valence-corrected chi connectivity index (χ1v) is 9.52. The second-order valence-electron chi connectivity index (χ2n) is 7.31. The Labute approximate surface area is 162 Å². The molecule has 1 unspecified atom stereocenters. The van der Waals surface area contributed by atoms with Crippen molar-refractivity contribution in [2.75, 3.05) is 13.2 Å². The summed E-state index contributed by atoms with van der Waals surface area (Å²) < 4.78 is 24.8.